The molecular weight excluding hydrogens is 385 g/mol. The van der Waals surface area contributed by atoms with Crippen LogP contribution in [0.1, 0.15) is 24.0 Å². The number of hydrazone groups is 1. The second-order valence-corrected chi connectivity index (χ2v) is 6.53. The maximum atomic E-state index is 13.1. The van der Waals surface area contributed by atoms with Gasteiger partial charge in [0, 0.05) is 23.5 Å². The predicted molar refractivity (Wildman–Crippen MR) is 101 cm³/mol. The van der Waals surface area contributed by atoms with Crippen molar-refractivity contribution in [1.29, 1.82) is 0 Å². The van der Waals surface area contributed by atoms with Gasteiger partial charge in [-0.25, -0.2) is 9.82 Å². The summed E-state index contributed by atoms with van der Waals surface area (Å²) in [5.74, 6) is -0.476. The zero-order chi connectivity index (χ0) is 17.6. The van der Waals surface area contributed by atoms with Gasteiger partial charge in [0.25, 0.3) is 0 Å². The van der Waals surface area contributed by atoms with Crippen LogP contribution in [0, 0.1) is 5.82 Å². The maximum absolute atomic E-state index is 13.1. The van der Waals surface area contributed by atoms with E-state index in [0.29, 0.717) is 16.5 Å². The largest absolute Gasteiger partial charge is 0.361 e. The van der Waals surface area contributed by atoms with Gasteiger partial charge in [-0.3, -0.25) is 4.79 Å². The highest BCUT2D eigenvalue weighted by Gasteiger charge is 2.05. The molecule has 0 unspecified atom stereocenters. The Morgan fingerprint density at radius 1 is 1.28 bits per heavy atom. The van der Waals surface area contributed by atoms with Gasteiger partial charge in [-0.2, -0.15) is 5.10 Å². The quantitative estimate of drug-likeness (QED) is 0.462. The predicted octanol–water partition coefficient (Wildman–Crippen LogP) is 4.54. The summed E-state index contributed by atoms with van der Waals surface area (Å²) in [5.41, 5.74) is 5.52. The number of aromatic nitrogens is 1. The van der Waals surface area contributed by atoms with Crippen molar-refractivity contribution in [2.45, 2.75) is 19.3 Å². The monoisotopic (exact) mass is 401 g/mol. The van der Waals surface area contributed by atoms with Crippen LogP contribution in [-0.4, -0.2) is 17.1 Å². The highest BCUT2D eigenvalue weighted by atomic mass is 79.9. The minimum Gasteiger partial charge on any atom is -0.361 e. The van der Waals surface area contributed by atoms with Crippen molar-refractivity contribution in [2.24, 2.45) is 5.10 Å². The Bertz CT molecular complexity index is 920. The number of carbonyl (C=O) groups is 1. The summed E-state index contributed by atoms with van der Waals surface area (Å²) in [7, 11) is 0. The van der Waals surface area contributed by atoms with E-state index in [4.69, 9.17) is 0 Å². The van der Waals surface area contributed by atoms with Gasteiger partial charge in [0.05, 0.1) is 10.7 Å². The summed E-state index contributed by atoms with van der Waals surface area (Å²) < 4.78 is 13.5. The topological polar surface area (TPSA) is 57.2 Å². The lowest BCUT2D eigenvalue weighted by Crippen LogP contribution is -2.17. The average Bonchev–Trinajstić information content (AvgIpc) is 3.01. The molecule has 25 heavy (non-hydrogen) atoms. The van der Waals surface area contributed by atoms with E-state index < -0.39 is 0 Å². The Labute approximate surface area is 153 Å². The summed E-state index contributed by atoms with van der Waals surface area (Å²) in [5, 5.41) is 5.10. The zero-order valence-corrected chi connectivity index (χ0v) is 15.0. The number of aryl methyl sites for hydroxylation is 1. The number of rotatable bonds is 6. The molecule has 0 aliphatic rings. The molecule has 0 bridgehead atoms. The van der Waals surface area contributed by atoms with Crippen molar-refractivity contribution in [3.8, 4) is 0 Å². The van der Waals surface area contributed by atoms with E-state index in [1.54, 1.807) is 12.1 Å². The molecule has 1 aromatic heterocycles. The Morgan fingerprint density at radius 3 is 2.96 bits per heavy atom. The van der Waals surface area contributed by atoms with Crippen molar-refractivity contribution in [3.63, 3.8) is 0 Å². The fourth-order valence-corrected chi connectivity index (χ4v) is 3.00. The molecule has 0 fully saturated rings. The molecule has 1 amide bonds. The molecule has 4 nitrogen and oxygen atoms in total. The fourth-order valence-electron chi connectivity index (χ4n) is 2.61. The van der Waals surface area contributed by atoms with E-state index in [-0.39, 0.29) is 11.7 Å². The van der Waals surface area contributed by atoms with Crippen molar-refractivity contribution < 1.29 is 9.18 Å². The number of hydrogen-bond donors (Lipinski definition) is 2. The van der Waals surface area contributed by atoms with Crippen molar-refractivity contribution >= 4 is 39.0 Å². The minimum absolute atomic E-state index is 0.141. The first kappa shape index (κ1) is 17.4. The molecule has 3 aromatic rings. The first-order valence-corrected chi connectivity index (χ1v) is 8.75. The van der Waals surface area contributed by atoms with Gasteiger partial charge in [0.1, 0.15) is 5.82 Å². The fraction of sp³-hybridized carbons (Fsp3) is 0.158. The third kappa shape index (κ3) is 4.54. The van der Waals surface area contributed by atoms with E-state index in [1.165, 1.54) is 23.2 Å². The molecule has 0 saturated carbocycles. The van der Waals surface area contributed by atoms with Gasteiger partial charge in [0.15, 0.2) is 0 Å². The van der Waals surface area contributed by atoms with Gasteiger partial charge < -0.3 is 4.98 Å². The Balaban J connectivity index is 1.46. The summed E-state index contributed by atoms with van der Waals surface area (Å²) in [6, 6.07) is 12.6. The molecule has 0 atom stereocenters. The molecule has 0 aliphatic carbocycles. The molecule has 0 saturated heterocycles. The first-order valence-electron chi connectivity index (χ1n) is 7.95. The average molecular weight is 402 g/mol. The van der Waals surface area contributed by atoms with Crippen LogP contribution in [0.2, 0.25) is 0 Å². The number of H-pyrrole nitrogens is 1. The maximum Gasteiger partial charge on any atom is 0.240 e. The smallest absolute Gasteiger partial charge is 0.240 e. The third-order valence-electron chi connectivity index (χ3n) is 3.87. The molecule has 0 radical (unpaired) electrons. The molecule has 6 heteroatoms. The number of para-hydroxylation sites is 1. The molecule has 2 aromatic carbocycles. The highest BCUT2D eigenvalue weighted by Crippen LogP contribution is 2.19. The highest BCUT2D eigenvalue weighted by molar-refractivity contribution is 9.10. The SMILES string of the molecule is O=C(CCCc1c[nH]c2ccccc12)N/N=C/c1ccc(F)c(Br)c1. The number of nitrogens with one attached hydrogen (secondary N) is 2. The lowest BCUT2D eigenvalue weighted by Gasteiger charge is -2.01. The van der Waals surface area contributed by atoms with Crippen LogP contribution >= 0.6 is 15.9 Å². The number of benzene rings is 2. The summed E-state index contributed by atoms with van der Waals surface area (Å²) in [6.07, 6.45) is 5.44. The zero-order valence-electron chi connectivity index (χ0n) is 13.4. The molecular formula is C19H17BrFN3O. The van der Waals surface area contributed by atoms with Gasteiger partial charge >= 0.3 is 0 Å². The van der Waals surface area contributed by atoms with Crippen LogP contribution in [0.4, 0.5) is 4.39 Å². The lowest BCUT2D eigenvalue weighted by atomic mass is 10.1. The number of halogens is 2. The van der Waals surface area contributed by atoms with E-state index in [2.05, 4.69) is 37.5 Å². The number of hydrogen-bond acceptors (Lipinski definition) is 2. The summed E-state index contributed by atoms with van der Waals surface area (Å²) in [4.78, 5) is 15.1. The number of amides is 1. The lowest BCUT2D eigenvalue weighted by molar-refractivity contribution is -0.121. The van der Waals surface area contributed by atoms with Crippen LogP contribution in [0.5, 0.6) is 0 Å². The number of fused-ring (bicyclic) bond motifs is 1. The van der Waals surface area contributed by atoms with Gasteiger partial charge in [0.2, 0.25) is 5.91 Å². The van der Waals surface area contributed by atoms with E-state index >= 15 is 0 Å². The van der Waals surface area contributed by atoms with Gasteiger partial charge in [-0.15, -0.1) is 0 Å². The van der Waals surface area contributed by atoms with E-state index in [1.807, 2.05) is 24.4 Å². The van der Waals surface area contributed by atoms with Crippen molar-refractivity contribution in [2.75, 3.05) is 0 Å². The van der Waals surface area contributed by atoms with Crippen LogP contribution in [0.25, 0.3) is 10.9 Å². The Kier molecular flexibility index (Phi) is 5.60. The van der Waals surface area contributed by atoms with Crippen molar-refractivity contribution in [1.82, 2.24) is 10.4 Å². The van der Waals surface area contributed by atoms with Crippen molar-refractivity contribution in [3.05, 3.63) is 70.1 Å². The molecule has 128 valence electrons. The van der Waals surface area contributed by atoms with Gasteiger partial charge in [-0.05, 0) is 58.1 Å². The second kappa shape index (κ2) is 8.07. The van der Waals surface area contributed by atoms with Crippen LogP contribution in [0.15, 0.2) is 58.2 Å². The van der Waals surface area contributed by atoms with Crippen LogP contribution in [-0.2, 0) is 11.2 Å². The number of nitrogens with zero attached hydrogens (tertiary/aromatic N) is 1. The van der Waals surface area contributed by atoms with Crippen LogP contribution < -0.4 is 5.43 Å². The number of aromatic amines is 1. The Hall–Kier alpha value is -2.47. The molecule has 3 rings (SSSR count). The molecule has 0 aliphatic heterocycles. The van der Waals surface area contributed by atoms with Gasteiger partial charge in [-0.1, -0.05) is 24.3 Å². The Morgan fingerprint density at radius 2 is 2.12 bits per heavy atom. The number of carbonyl (C=O) groups excluding carboxylic acids is 1. The second-order valence-electron chi connectivity index (χ2n) is 5.68. The summed E-state index contributed by atoms with van der Waals surface area (Å²) >= 11 is 3.11. The van der Waals surface area contributed by atoms with E-state index in [9.17, 15) is 9.18 Å². The van der Waals surface area contributed by atoms with Crippen LogP contribution in [0.3, 0.4) is 0 Å². The standard InChI is InChI=1S/C19H17BrFN3O/c20-16-10-13(8-9-17(16)21)11-23-24-19(25)7-3-4-14-12-22-18-6-2-1-5-15(14)18/h1-2,5-6,8-12,22H,3-4,7H2,(H,24,25)/b23-11+. The normalized spacial score (nSPS) is 11.3. The van der Waals surface area contributed by atoms with E-state index in [0.717, 1.165) is 18.4 Å². The molecule has 1 heterocycles. The molecule has 0 spiro atoms. The third-order valence-corrected chi connectivity index (χ3v) is 4.48. The summed E-state index contributed by atoms with van der Waals surface area (Å²) in [6.45, 7) is 0. The molecule has 2 N–H and O–H groups in total. The first-order chi connectivity index (χ1) is 12.1. The minimum atomic E-state index is -0.335.